The normalized spacial score (nSPS) is 17.7. The number of aryl methyl sites for hydroxylation is 1. The van der Waals surface area contributed by atoms with Gasteiger partial charge in [0, 0.05) is 13.0 Å². The van der Waals surface area contributed by atoms with Crippen molar-refractivity contribution in [3.63, 3.8) is 0 Å². The molecule has 0 aliphatic heterocycles. The predicted octanol–water partition coefficient (Wildman–Crippen LogP) is 1.44. The molecule has 0 unspecified atom stereocenters. The summed E-state index contributed by atoms with van der Waals surface area (Å²) in [6.07, 6.45) is 5.76. The van der Waals surface area contributed by atoms with Crippen LogP contribution in [0.2, 0.25) is 0 Å². The minimum atomic E-state index is -0.248. The topological polar surface area (TPSA) is 68.0 Å². The highest BCUT2D eigenvalue weighted by Crippen LogP contribution is 2.17. The van der Waals surface area contributed by atoms with Gasteiger partial charge in [-0.1, -0.05) is 19.3 Å². The lowest BCUT2D eigenvalue weighted by atomic mass is 9.95. The molecule has 1 aromatic rings. The number of amides is 1. The number of aromatic nitrogens is 2. The van der Waals surface area contributed by atoms with Crippen LogP contribution in [0, 0.1) is 6.92 Å². The van der Waals surface area contributed by atoms with Crippen molar-refractivity contribution in [3.8, 4) is 0 Å². The van der Waals surface area contributed by atoms with Gasteiger partial charge in [-0.25, -0.2) is 0 Å². The molecule has 0 radical (unpaired) electrons. The van der Waals surface area contributed by atoms with Gasteiger partial charge in [-0.05, 0) is 12.8 Å². The molecule has 0 bridgehead atoms. The van der Waals surface area contributed by atoms with Crippen LogP contribution in [0.4, 0.5) is 0 Å². The second kappa shape index (κ2) is 4.42. The monoisotopic (exact) mass is 209 g/mol. The van der Waals surface area contributed by atoms with Gasteiger partial charge >= 0.3 is 11.8 Å². The Morgan fingerprint density at radius 1 is 1.33 bits per heavy atom. The summed E-state index contributed by atoms with van der Waals surface area (Å²) in [6, 6.07) is 0.276. The van der Waals surface area contributed by atoms with E-state index in [0.29, 0.717) is 5.89 Å². The van der Waals surface area contributed by atoms with Crippen molar-refractivity contribution < 1.29 is 9.21 Å². The Labute approximate surface area is 88.3 Å². The van der Waals surface area contributed by atoms with Crippen molar-refractivity contribution in [2.45, 2.75) is 45.1 Å². The lowest BCUT2D eigenvalue weighted by Gasteiger charge is -2.21. The molecular weight excluding hydrogens is 194 g/mol. The molecule has 2 rings (SSSR count). The van der Waals surface area contributed by atoms with Crippen LogP contribution < -0.4 is 5.32 Å². The van der Waals surface area contributed by atoms with Gasteiger partial charge in [0.2, 0.25) is 5.89 Å². The fraction of sp³-hybridized carbons (Fsp3) is 0.700. The van der Waals surface area contributed by atoms with Crippen LogP contribution in [0.25, 0.3) is 0 Å². The van der Waals surface area contributed by atoms with E-state index in [1.165, 1.54) is 19.3 Å². The van der Waals surface area contributed by atoms with Gasteiger partial charge in [-0.15, -0.1) is 10.2 Å². The largest absolute Gasteiger partial charge is 0.417 e. The van der Waals surface area contributed by atoms with E-state index in [2.05, 4.69) is 15.5 Å². The second-order valence-corrected chi connectivity index (χ2v) is 3.93. The molecular formula is C10H15N3O2. The summed E-state index contributed by atoms with van der Waals surface area (Å²) in [5, 5.41) is 10.2. The van der Waals surface area contributed by atoms with Crippen LogP contribution in [-0.2, 0) is 0 Å². The van der Waals surface area contributed by atoms with Crippen LogP contribution in [0.1, 0.15) is 48.7 Å². The number of carbonyl (C=O) groups is 1. The van der Waals surface area contributed by atoms with Crippen molar-refractivity contribution in [1.82, 2.24) is 15.5 Å². The van der Waals surface area contributed by atoms with Gasteiger partial charge in [-0.2, -0.15) is 0 Å². The molecule has 82 valence electrons. The summed E-state index contributed by atoms with van der Waals surface area (Å²) in [5.74, 6) is 0.240. The summed E-state index contributed by atoms with van der Waals surface area (Å²) in [4.78, 5) is 11.6. The first-order valence-electron chi connectivity index (χ1n) is 5.36. The maximum Gasteiger partial charge on any atom is 0.309 e. The molecule has 1 aliphatic carbocycles. The maximum absolute atomic E-state index is 11.6. The molecule has 0 aromatic carbocycles. The third-order valence-electron chi connectivity index (χ3n) is 2.66. The second-order valence-electron chi connectivity index (χ2n) is 3.93. The van der Waals surface area contributed by atoms with Crippen LogP contribution in [0.3, 0.4) is 0 Å². The van der Waals surface area contributed by atoms with Crippen LogP contribution in [-0.4, -0.2) is 22.1 Å². The van der Waals surface area contributed by atoms with Gasteiger partial charge in [-0.3, -0.25) is 4.79 Å². The summed E-state index contributed by atoms with van der Waals surface area (Å²) < 4.78 is 5.05. The van der Waals surface area contributed by atoms with Crippen LogP contribution >= 0.6 is 0 Å². The molecule has 1 aromatic heterocycles. The molecule has 1 saturated carbocycles. The summed E-state index contributed by atoms with van der Waals surface area (Å²) in [6.45, 7) is 1.67. The number of nitrogens with zero attached hydrogens (tertiary/aromatic N) is 2. The van der Waals surface area contributed by atoms with E-state index in [1.807, 2.05) is 0 Å². The third-order valence-corrected chi connectivity index (χ3v) is 2.66. The minimum absolute atomic E-state index is 0.0677. The SMILES string of the molecule is Cc1nnc(C(=O)NC2CCCCC2)o1. The fourth-order valence-electron chi connectivity index (χ4n) is 1.88. The number of nitrogens with one attached hydrogen (secondary N) is 1. The van der Waals surface area contributed by atoms with Gasteiger partial charge in [0.1, 0.15) is 0 Å². The van der Waals surface area contributed by atoms with Crippen molar-refractivity contribution in [2.24, 2.45) is 0 Å². The average molecular weight is 209 g/mol. The van der Waals surface area contributed by atoms with E-state index in [-0.39, 0.29) is 17.8 Å². The molecule has 5 nitrogen and oxygen atoms in total. The first kappa shape index (κ1) is 10.1. The van der Waals surface area contributed by atoms with Crippen LogP contribution in [0.5, 0.6) is 0 Å². The zero-order valence-electron chi connectivity index (χ0n) is 8.82. The molecule has 0 saturated heterocycles. The van der Waals surface area contributed by atoms with Crippen molar-refractivity contribution >= 4 is 5.91 Å². The standard InChI is InChI=1S/C10H15N3O2/c1-7-12-13-10(15-7)9(14)11-8-5-3-2-4-6-8/h8H,2-6H2,1H3,(H,11,14). The summed E-state index contributed by atoms with van der Waals surface area (Å²) in [7, 11) is 0. The molecule has 1 heterocycles. The zero-order chi connectivity index (χ0) is 10.7. The van der Waals surface area contributed by atoms with Crippen molar-refractivity contribution in [1.29, 1.82) is 0 Å². The fourth-order valence-corrected chi connectivity index (χ4v) is 1.88. The van der Waals surface area contributed by atoms with Crippen LogP contribution in [0.15, 0.2) is 4.42 Å². The lowest BCUT2D eigenvalue weighted by Crippen LogP contribution is -2.36. The molecule has 15 heavy (non-hydrogen) atoms. The highest BCUT2D eigenvalue weighted by Gasteiger charge is 2.19. The Hall–Kier alpha value is -1.39. The Morgan fingerprint density at radius 2 is 2.07 bits per heavy atom. The number of rotatable bonds is 2. The molecule has 1 N–H and O–H groups in total. The first-order chi connectivity index (χ1) is 7.25. The van der Waals surface area contributed by atoms with E-state index in [4.69, 9.17) is 4.42 Å². The number of hydrogen-bond acceptors (Lipinski definition) is 4. The lowest BCUT2D eigenvalue weighted by molar-refractivity contribution is 0.0891. The van der Waals surface area contributed by atoms with E-state index in [0.717, 1.165) is 12.8 Å². The smallest absolute Gasteiger partial charge is 0.309 e. The van der Waals surface area contributed by atoms with E-state index >= 15 is 0 Å². The number of carbonyl (C=O) groups excluding carboxylic acids is 1. The molecule has 1 fully saturated rings. The summed E-state index contributed by atoms with van der Waals surface area (Å²) >= 11 is 0. The van der Waals surface area contributed by atoms with Gasteiger partial charge in [0.15, 0.2) is 0 Å². The Balaban J connectivity index is 1.91. The Kier molecular flexibility index (Phi) is 2.99. The Morgan fingerprint density at radius 3 is 2.67 bits per heavy atom. The molecule has 5 heteroatoms. The predicted molar refractivity (Wildman–Crippen MR) is 53.4 cm³/mol. The Bertz CT molecular complexity index is 342. The van der Waals surface area contributed by atoms with E-state index < -0.39 is 0 Å². The first-order valence-corrected chi connectivity index (χ1v) is 5.36. The zero-order valence-corrected chi connectivity index (χ0v) is 8.82. The van der Waals surface area contributed by atoms with E-state index in [1.54, 1.807) is 6.92 Å². The van der Waals surface area contributed by atoms with E-state index in [9.17, 15) is 4.79 Å². The highest BCUT2D eigenvalue weighted by atomic mass is 16.4. The van der Waals surface area contributed by atoms with Crippen molar-refractivity contribution in [2.75, 3.05) is 0 Å². The van der Waals surface area contributed by atoms with Crippen molar-refractivity contribution in [3.05, 3.63) is 11.8 Å². The molecule has 0 spiro atoms. The molecule has 1 amide bonds. The quantitative estimate of drug-likeness (QED) is 0.800. The van der Waals surface area contributed by atoms with Gasteiger partial charge in [0.05, 0.1) is 0 Å². The highest BCUT2D eigenvalue weighted by molar-refractivity contribution is 5.89. The maximum atomic E-state index is 11.6. The number of hydrogen-bond donors (Lipinski definition) is 1. The molecule has 1 aliphatic rings. The minimum Gasteiger partial charge on any atom is -0.417 e. The van der Waals surface area contributed by atoms with Gasteiger partial charge in [0.25, 0.3) is 0 Å². The summed E-state index contributed by atoms with van der Waals surface area (Å²) in [5.41, 5.74) is 0. The third kappa shape index (κ3) is 2.55. The average Bonchev–Trinajstić information content (AvgIpc) is 2.66. The molecule has 0 atom stereocenters. The van der Waals surface area contributed by atoms with Gasteiger partial charge < -0.3 is 9.73 Å².